The predicted octanol–water partition coefficient (Wildman–Crippen LogP) is 2.18. The third-order valence-electron chi connectivity index (χ3n) is 6.51. The van der Waals surface area contributed by atoms with Crippen LogP contribution in [0.5, 0.6) is 0 Å². The van der Waals surface area contributed by atoms with E-state index in [1.165, 1.54) is 10.7 Å². The number of aliphatic hydroxyl groups is 3. The molecule has 194 valence electrons. The minimum atomic E-state index is -1.67. The normalized spacial score (nSPS) is 31.3. The van der Waals surface area contributed by atoms with Crippen LogP contribution in [-0.4, -0.2) is 83.5 Å². The SMILES string of the molecule is [2H]C([2H])(CC)Sc1nc(N[C@]2([2H])C[C@H]2c2ccc(C)c(F)c2)c2nnn([C@@H]3C[C@H](OCCO)[C@@H](O)[C@H]3O)c2n1. The van der Waals surface area contributed by atoms with Gasteiger partial charge in [-0.25, -0.2) is 19.0 Å². The van der Waals surface area contributed by atoms with Crippen molar-refractivity contribution in [3.05, 3.63) is 35.1 Å². The molecule has 5 rings (SSSR count). The van der Waals surface area contributed by atoms with E-state index < -0.39 is 36.1 Å². The lowest BCUT2D eigenvalue weighted by atomic mass is 10.1. The second kappa shape index (κ2) is 10.5. The van der Waals surface area contributed by atoms with Gasteiger partial charge in [0.15, 0.2) is 22.1 Å². The maximum absolute atomic E-state index is 14.2. The molecule has 6 atom stereocenters. The van der Waals surface area contributed by atoms with Crippen molar-refractivity contribution in [2.45, 2.75) is 74.6 Å². The van der Waals surface area contributed by atoms with Gasteiger partial charge in [-0.05, 0) is 37.0 Å². The summed E-state index contributed by atoms with van der Waals surface area (Å²) in [5, 5.41) is 41.9. The average Bonchev–Trinajstić information content (AvgIpc) is 3.23. The number of nitrogens with one attached hydrogen (secondary N) is 1. The molecule has 0 amide bonds. The van der Waals surface area contributed by atoms with Gasteiger partial charge in [-0.3, -0.25) is 0 Å². The number of aryl methyl sites for hydroxylation is 1. The summed E-state index contributed by atoms with van der Waals surface area (Å²) in [7, 11) is 0. The number of anilines is 1. The molecule has 0 bridgehead atoms. The monoisotopic (exact) mass is 521 g/mol. The van der Waals surface area contributed by atoms with Crippen molar-refractivity contribution in [2.75, 3.05) is 24.2 Å². The summed E-state index contributed by atoms with van der Waals surface area (Å²) in [6.45, 7) is 3.14. The summed E-state index contributed by atoms with van der Waals surface area (Å²) < 4.78 is 46.4. The maximum Gasteiger partial charge on any atom is 0.191 e. The van der Waals surface area contributed by atoms with Gasteiger partial charge < -0.3 is 25.4 Å². The van der Waals surface area contributed by atoms with Crippen LogP contribution in [0.4, 0.5) is 10.2 Å². The lowest BCUT2D eigenvalue weighted by molar-refractivity contribution is -0.0629. The van der Waals surface area contributed by atoms with Crippen molar-refractivity contribution >= 4 is 28.7 Å². The summed E-state index contributed by atoms with van der Waals surface area (Å²) in [4.78, 5) is 8.97. The molecular weight excluding hydrogens is 487 g/mol. The second-order valence-corrected chi connectivity index (χ2v) is 9.85. The van der Waals surface area contributed by atoms with Crippen LogP contribution in [0.15, 0.2) is 23.4 Å². The summed E-state index contributed by atoms with van der Waals surface area (Å²) >= 11 is 0.817. The Balaban J connectivity index is 1.50. The first-order chi connectivity index (χ1) is 18.5. The number of hydrogen-bond donors (Lipinski definition) is 4. The fourth-order valence-electron chi connectivity index (χ4n) is 4.48. The highest BCUT2D eigenvalue weighted by Crippen LogP contribution is 2.44. The first-order valence-corrected chi connectivity index (χ1v) is 12.7. The molecule has 2 saturated carbocycles. The highest BCUT2D eigenvalue weighted by atomic mass is 32.2. The number of benzene rings is 1. The minimum Gasteiger partial charge on any atom is -0.394 e. The predicted molar refractivity (Wildman–Crippen MR) is 133 cm³/mol. The van der Waals surface area contributed by atoms with Gasteiger partial charge in [0, 0.05) is 26.8 Å². The van der Waals surface area contributed by atoms with Gasteiger partial charge in [0.2, 0.25) is 0 Å². The molecule has 0 spiro atoms. The number of nitrogens with zero attached hydrogens (tertiary/aromatic N) is 5. The molecular formula is C24H31FN6O4S. The molecule has 2 heterocycles. The number of ether oxygens (including phenoxy) is 1. The van der Waals surface area contributed by atoms with E-state index in [4.69, 9.17) is 14.0 Å². The van der Waals surface area contributed by atoms with Crippen LogP contribution < -0.4 is 5.32 Å². The summed E-state index contributed by atoms with van der Waals surface area (Å²) in [6, 6.07) is 2.95. The smallest absolute Gasteiger partial charge is 0.191 e. The van der Waals surface area contributed by atoms with Crippen LogP contribution >= 0.6 is 11.8 Å². The molecule has 3 aromatic rings. The third-order valence-corrected chi connectivity index (χ3v) is 7.31. The van der Waals surface area contributed by atoms with E-state index in [0.717, 1.165) is 11.8 Å². The fraction of sp³-hybridized carbons (Fsp3) is 0.583. The molecule has 2 fully saturated rings. The lowest BCUT2D eigenvalue weighted by Crippen LogP contribution is -2.33. The van der Waals surface area contributed by atoms with Crippen LogP contribution in [0.1, 0.15) is 53.4 Å². The summed E-state index contributed by atoms with van der Waals surface area (Å²) in [6.07, 6.45) is -2.45. The zero-order valence-electron chi connectivity index (χ0n) is 22.9. The highest BCUT2D eigenvalue weighted by molar-refractivity contribution is 7.99. The van der Waals surface area contributed by atoms with E-state index >= 15 is 0 Å². The molecule has 36 heavy (non-hydrogen) atoms. The van der Waals surface area contributed by atoms with Crippen molar-refractivity contribution in [1.82, 2.24) is 25.0 Å². The number of halogens is 1. The Morgan fingerprint density at radius 3 is 2.89 bits per heavy atom. The zero-order valence-corrected chi connectivity index (χ0v) is 20.7. The van der Waals surface area contributed by atoms with Crippen molar-refractivity contribution < 1.29 is 28.6 Å². The van der Waals surface area contributed by atoms with Crippen LogP contribution in [0.25, 0.3) is 11.2 Å². The fourth-order valence-corrected chi connectivity index (χ4v) is 5.02. The van der Waals surface area contributed by atoms with E-state index in [1.807, 2.05) is 0 Å². The minimum absolute atomic E-state index is 0.0000297. The Hall–Kier alpha value is -2.38. The van der Waals surface area contributed by atoms with Gasteiger partial charge in [0.1, 0.15) is 18.0 Å². The van der Waals surface area contributed by atoms with Crippen LogP contribution in [0, 0.1) is 12.7 Å². The molecule has 0 saturated heterocycles. The van der Waals surface area contributed by atoms with Gasteiger partial charge in [0.05, 0.1) is 26.7 Å². The standard InChI is InChI=1S/C24H31FN6O4S/c1-3-8-36-24-27-22(26-16-10-14(16)13-5-4-12(2)15(25)9-13)19-23(28-24)31(30-29-19)17-11-18(35-7-6-32)21(34)20(17)33/h4-5,9,14,16-18,20-21,32-34H,3,6-8,10-11H2,1-2H3,(H,26,27,28)/t14-,16+,17+,18-,20-,21+/m0/s1/i8D2,16D. The van der Waals surface area contributed by atoms with Crippen LogP contribution in [-0.2, 0) is 4.74 Å². The molecule has 12 heteroatoms. The Labute approximate surface area is 216 Å². The lowest BCUT2D eigenvalue weighted by Gasteiger charge is -2.17. The van der Waals surface area contributed by atoms with E-state index in [0.29, 0.717) is 17.5 Å². The molecule has 0 radical (unpaired) electrons. The van der Waals surface area contributed by atoms with Crippen molar-refractivity contribution in [1.29, 1.82) is 0 Å². The third kappa shape index (κ3) is 4.92. The van der Waals surface area contributed by atoms with Gasteiger partial charge in [-0.2, -0.15) is 0 Å². The molecule has 4 N–H and O–H groups in total. The average molecular weight is 522 g/mol. The zero-order chi connectivity index (χ0) is 28.1. The van der Waals surface area contributed by atoms with Gasteiger partial charge in [0.25, 0.3) is 0 Å². The van der Waals surface area contributed by atoms with Gasteiger partial charge in [-0.1, -0.05) is 36.0 Å². The number of aliphatic hydroxyl groups excluding tert-OH is 3. The molecule has 0 aliphatic heterocycles. The Bertz CT molecular complexity index is 1370. The first kappa shape index (κ1) is 21.7. The summed E-state index contributed by atoms with van der Waals surface area (Å²) in [5.74, 6) is -0.470. The molecule has 10 nitrogen and oxygen atoms in total. The van der Waals surface area contributed by atoms with E-state index in [2.05, 4.69) is 25.6 Å². The van der Waals surface area contributed by atoms with Gasteiger partial charge >= 0.3 is 0 Å². The van der Waals surface area contributed by atoms with Crippen molar-refractivity contribution in [3.63, 3.8) is 0 Å². The molecule has 0 unspecified atom stereocenters. The number of rotatable bonds is 10. The Morgan fingerprint density at radius 1 is 1.31 bits per heavy atom. The van der Waals surface area contributed by atoms with E-state index in [9.17, 15) is 14.6 Å². The number of hydrogen-bond acceptors (Lipinski definition) is 10. The first-order valence-electron chi connectivity index (χ1n) is 13.4. The van der Waals surface area contributed by atoms with Gasteiger partial charge in [-0.15, -0.1) is 5.10 Å². The van der Waals surface area contributed by atoms with Crippen LogP contribution in [0.3, 0.4) is 0 Å². The highest BCUT2D eigenvalue weighted by Gasteiger charge is 2.45. The quantitative estimate of drug-likeness (QED) is 0.232. The Morgan fingerprint density at radius 2 is 2.14 bits per heavy atom. The second-order valence-electron chi connectivity index (χ2n) is 8.99. The molecule has 1 aromatic carbocycles. The number of fused-ring (bicyclic) bond motifs is 1. The largest absolute Gasteiger partial charge is 0.394 e. The maximum atomic E-state index is 14.2. The number of aromatic nitrogens is 5. The molecule has 2 aromatic heterocycles. The summed E-state index contributed by atoms with van der Waals surface area (Å²) in [5.41, 5.74) is -0.0562. The van der Waals surface area contributed by atoms with E-state index in [-0.39, 0.29) is 59.9 Å². The van der Waals surface area contributed by atoms with Crippen LogP contribution in [0.2, 0.25) is 0 Å². The Kier molecular flexibility index (Phi) is 6.35. The molecule has 2 aliphatic carbocycles. The molecule has 2 aliphatic rings. The topological polar surface area (TPSA) is 138 Å². The number of thioether (sulfide) groups is 1. The van der Waals surface area contributed by atoms with Crippen molar-refractivity contribution in [3.8, 4) is 0 Å². The van der Waals surface area contributed by atoms with Crippen molar-refractivity contribution in [2.24, 2.45) is 0 Å². The van der Waals surface area contributed by atoms with E-state index in [1.54, 1.807) is 26.0 Å².